The number of ketones is 1. The van der Waals surface area contributed by atoms with Gasteiger partial charge in [-0.2, -0.15) is 0 Å². The van der Waals surface area contributed by atoms with E-state index in [-0.39, 0.29) is 48.6 Å². The fraction of sp³-hybridized carbons (Fsp3) is 0.462. The summed E-state index contributed by atoms with van der Waals surface area (Å²) >= 11 is 1.35. The van der Waals surface area contributed by atoms with Crippen molar-refractivity contribution in [3.8, 4) is 0 Å². The number of Topliss-reactive ketones (excluding diaryl/α,β-unsaturated/α-hetero) is 1. The summed E-state index contributed by atoms with van der Waals surface area (Å²) in [4.78, 5) is 52.3. The molecule has 38 heavy (non-hydrogen) atoms. The molecule has 1 aliphatic carbocycles. The Kier molecular flexibility index (Phi) is 7.94. The number of nitrogens with zero attached hydrogens (tertiary/aromatic N) is 3. The molecule has 1 aromatic carbocycles. The van der Waals surface area contributed by atoms with E-state index in [4.69, 9.17) is 5.73 Å². The summed E-state index contributed by atoms with van der Waals surface area (Å²) in [5, 5.41) is 3.86. The number of carbonyl (C=O) groups excluding carboxylic acids is 3. The van der Waals surface area contributed by atoms with Crippen molar-refractivity contribution < 1.29 is 18.8 Å². The first-order valence-corrected chi connectivity index (χ1v) is 13.2. The molecular weight excluding hydrogens is 531 g/mol. The second-order valence-electron chi connectivity index (χ2n) is 10.4. The zero-order valence-electron chi connectivity index (χ0n) is 21.5. The summed E-state index contributed by atoms with van der Waals surface area (Å²) in [6.45, 7) is 1.62. The van der Waals surface area contributed by atoms with Crippen LogP contribution < -0.4 is 11.1 Å². The van der Waals surface area contributed by atoms with Gasteiger partial charge in [0.05, 0.1) is 17.4 Å². The SMILES string of the molecule is CN1CCc2nc(C(=O)NC3CC(C(=O)N(C)C)CCC3(N)C(=O)c3cc4cc(F)ccc4[nH]3)sc2C1.Cl. The zero-order valence-corrected chi connectivity index (χ0v) is 23.2. The van der Waals surface area contributed by atoms with Crippen molar-refractivity contribution in [2.45, 2.75) is 43.8 Å². The maximum absolute atomic E-state index is 13.8. The highest BCUT2D eigenvalue weighted by molar-refractivity contribution is 7.13. The van der Waals surface area contributed by atoms with Crippen molar-refractivity contribution in [3.05, 3.63) is 51.4 Å². The lowest BCUT2D eigenvalue weighted by molar-refractivity contribution is -0.134. The summed E-state index contributed by atoms with van der Waals surface area (Å²) in [5.41, 5.74) is 7.14. The first kappa shape index (κ1) is 28.2. The molecule has 0 radical (unpaired) electrons. The van der Waals surface area contributed by atoms with Gasteiger partial charge in [0.15, 0.2) is 5.01 Å². The van der Waals surface area contributed by atoms with Crippen molar-refractivity contribution in [2.24, 2.45) is 11.7 Å². The van der Waals surface area contributed by atoms with E-state index in [1.165, 1.54) is 28.4 Å². The molecule has 4 N–H and O–H groups in total. The predicted octanol–water partition coefficient (Wildman–Crippen LogP) is 2.74. The molecule has 3 heterocycles. The molecule has 3 atom stereocenters. The second kappa shape index (κ2) is 10.7. The van der Waals surface area contributed by atoms with Crippen molar-refractivity contribution in [2.75, 3.05) is 27.7 Å². The molecule has 1 aliphatic heterocycles. The van der Waals surface area contributed by atoms with Crippen LogP contribution in [0.1, 0.15) is 50.1 Å². The van der Waals surface area contributed by atoms with Gasteiger partial charge in [-0.05, 0) is 50.6 Å². The number of rotatable bonds is 5. The number of H-pyrrole nitrogens is 1. The van der Waals surface area contributed by atoms with Crippen molar-refractivity contribution in [3.63, 3.8) is 0 Å². The second-order valence-corrected chi connectivity index (χ2v) is 11.5. The van der Waals surface area contributed by atoms with E-state index >= 15 is 0 Å². The molecule has 9 nitrogen and oxygen atoms in total. The number of nitrogens with one attached hydrogen (secondary N) is 2. The summed E-state index contributed by atoms with van der Waals surface area (Å²) in [6, 6.07) is 5.02. The van der Waals surface area contributed by atoms with Crippen LogP contribution in [-0.2, 0) is 17.8 Å². The topological polar surface area (TPSA) is 124 Å². The number of benzene rings is 1. The minimum absolute atomic E-state index is 0. The third-order valence-electron chi connectivity index (χ3n) is 7.51. The molecule has 1 fully saturated rings. The van der Waals surface area contributed by atoms with Gasteiger partial charge < -0.3 is 25.8 Å². The molecule has 3 aromatic rings. The van der Waals surface area contributed by atoms with Crippen LogP contribution in [0.5, 0.6) is 0 Å². The van der Waals surface area contributed by atoms with Crippen LogP contribution in [0.4, 0.5) is 4.39 Å². The lowest BCUT2D eigenvalue weighted by Gasteiger charge is -2.43. The molecule has 5 rings (SSSR count). The van der Waals surface area contributed by atoms with Crippen molar-refractivity contribution in [1.82, 2.24) is 25.1 Å². The van der Waals surface area contributed by atoms with Crippen LogP contribution in [0.25, 0.3) is 10.9 Å². The normalized spacial score (nSPS) is 23.4. The van der Waals surface area contributed by atoms with E-state index in [0.29, 0.717) is 22.3 Å². The van der Waals surface area contributed by atoms with Gasteiger partial charge in [-0.1, -0.05) is 0 Å². The molecule has 2 aliphatic rings. The van der Waals surface area contributed by atoms with E-state index in [9.17, 15) is 18.8 Å². The summed E-state index contributed by atoms with van der Waals surface area (Å²) in [7, 11) is 5.40. The quantitative estimate of drug-likeness (QED) is 0.411. The highest BCUT2D eigenvalue weighted by Gasteiger charge is 2.49. The number of likely N-dealkylation sites (N-methyl/N-ethyl adjacent to an activating group) is 1. The Morgan fingerprint density at radius 1 is 1.29 bits per heavy atom. The van der Waals surface area contributed by atoms with Crippen LogP contribution in [-0.4, -0.2) is 76.6 Å². The van der Waals surface area contributed by atoms with Gasteiger partial charge in [-0.25, -0.2) is 9.37 Å². The molecule has 0 spiro atoms. The van der Waals surface area contributed by atoms with Crippen LogP contribution in [0.3, 0.4) is 0 Å². The molecule has 3 unspecified atom stereocenters. The highest BCUT2D eigenvalue weighted by atomic mass is 35.5. The Labute approximate surface area is 230 Å². The molecule has 1 saturated carbocycles. The number of aromatic nitrogens is 2. The molecule has 2 amide bonds. The number of carbonyl (C=O) groups is 3. The van der Waals surface area contributed by atoms with Crippen LogP contribution in [0.2, 0.25) is 0 Å². The van der Waals surface area contributed by atoms with Gasteiger partial charge in [0.2, 0.25) is 11.7 Å². The number of nitrogens with two attached hydrogens (primary N) is 1. The van der Waals surface area contributed by atoms with E-state index in [0.717, 1.165) is 30.1 Å². The van der Waals surface area contributed by atoms with Gasteiger partial charge in [-0.15, -0.1) is 23.7 Å². The van der Waals surface area contributed by atoms with Gasteiger partial charge >= 0.3 is 0 Å². The number of thiazole rings is 1. The average molecular weight is 563 g/mol. The lowest BCUT2D eigenvalue weighted by Crippen LogP contribution is -2.66. The van der Waals surface area contributed by atoms with Crippen molar-refractivity contribution in [1.29, 1.82) is 0 Å². The molecule has 204 valence electrons. The fourth-order valence-corrected chi connectivity index (χ4v) is 6.46. The number of fused-ring (bicyclic) bond motifs is 2. The van der Waals surface area contributed by atoms with E-state index in [1.807, 2.05) is 7.05 Å². The molecule has 2 aromatic heterocycles. The summed E-state index contributed by atoms with van der Waals surface area (Å²) in [5.74, 6) is -1.63. The number of amides is 2. The Bertz CT molecular complexity index is 1390. The third kappa shape index (κ3) is 5.20. The average Bonchev–Trinajstić information content (AvgIpc) is 3.47. The summed E-state index contributed by atoms with van der Waals surface area (Å²) in [6.07, 6.45) is 1.63. The van der Waals surface area contributed by atoms with Gasteiger partial charge in [-0.3, -0.25) is 14.4 Å². The fourth-order valence-electron chi connectivity index (χ4n) is 5.37. The first-order chi connectivity index (χ1) is 17.5. The monoisotopic (exact) mass is 562 g/mol. The smallest absolute Gasteiger partial charge is 0.280 e. The van der Waals surface area contributed by atoms with Gasteiger partial charge in [0, 0.05) is 55.3 Å². The third-order valence-corrected chi connectivity index (χ3v) is 8.59. The number of hydrogen-bond donors (Lipinski definition) is 3. The van der Waals surface area contributed by atoms with E-state index < -0.39 is 23.3 Å². The Balaban J connectivity index is 0.00000336. The Morgan fingerprint density at radius 3 is 2.79 bits per heavy atom. The standard InChI is InChI=1S/C26H31FN6O3S.ClH/c1-32(2)25(36)14-6-8-26(28,22(34)19-11-15-10-16(27)4-5-17(15)29-19)21(12-14)31-23(35)24-30-18-7-9-33(3)13-20(18)37-24;/h4-5,10-11,14,21,29H,6-9,12-13,28H2,1-3H3,(H,31,35);1H. The number of hydrogen-bond acceptors (Lipinski definition) is 7. The van der Waals surface area contributed by atoms with Crippen LogP contribution >= 0.6 is 23.7 Å². The highest BCUT2D eigenvalue weighted by Crippen LogP contribution is 2.35. The summed E-state index contributed by atoms with van der Waals surface area (Å²) < 4.78 is 13.7. The first-order valence-electron chi connectivity index (χ1n) is 12.4. The molecular formula is C26H32ClFN6O3S. The minimum Gasteiger partial charge on any atom is -0.352 e. The van der Waals surface area contributed by atoms with Crippen LogP contribution in [0, 0.1) is 11.7 Å². The molecule has 12 heteroatoms. The van der Waals surface area contributed by atoms with Gasteiger partial charge in [0.25, 0.3) is 5.91 Å². The molecule has 0 bridgehead atoms. The Morgan fingerprint density at radius 2 is 2.05 bits per heavy atom. The van der Waals surface area contributed by atoms with E-state index in [2.05, 4.69) is 20.2 Å². The van der Waals surface area contributed by atoms with E-state index in [1.54, 1.807) is 26.2 Å². The maximum Gasteiger partial charge on any atom is 0.280 e. The van der Waals surface area contributed by atoms with Gasteiger partial charge in [0.1, 0.15) is 11.4 Å². The Hall–Kier alpha value is -2.86. The van der Waals surface area contributed by atoms with Crippen LogP contribution in [0.15, 0.2) is 24.3 Å². The lowest BCUT2D eigenvalue weighted by atomic mass is 9.70. The largest absolute Gasteiger partial charge is 0.352 e. The minimum atomic E-state index is -1.45. The zero-order chi connectivity index (χ0) is 26.5. The van der Waals surface area contributed by atoms with Crippen molar-refractivity contribution >= 4 is 52.2 Å². The predicted molar refractivity (Wildman–Crippen MR) is 146 cm³/mol. The number of halogens is 2. The number of aromatic amines is 1. The maximum atomic E-state index is 13.8. The molecule has 0 saturated heterocycles.